The molecule has 1 heterocycles. The lowest BCUT2D eigenvalue weighted by atomic mass is 10.2. The summed E-state index contributed by atoms with van der Waals surface area (Å²) in [7, 11) is -2.99. The van der Waals surface area contributed by atoms with Crippen molar-refractivity contribution in [2.24, 2.45) is 0 Å². The maximum atomic E-state index is 11.3. The number of nitrogens with two attached hydrogens (primary N) is 1. The molecule has 5 nitrogen and oxygen atoms in total. The van der Waals surface area contributed by atoms with E-state index in [2.05, 4.69) is 13.8 Å². The molecule has 2 atom stereocenters. The zero-order valence-corrected chi connectivity index (χ0v) is 11.7. The molecule has 0 saturated carbocycles. The highest BCUT2D eigenvalue weighted by Crippen LogP contribution is 2.08. The number of aliphatic hydroxyl groups is 1. The molecule has 1 aliphatic rings. The number of sulfone groups is 1. The van der Waals surface area contributed by atoms with Crippen LogP contribution in [0.2, 0.25) is 0 Å². The molecule has 0 radical (unpaired) electrons. The summed E-state index contributed by atoms with van der Waals surface area (Å²) in [6, 6.07) is -0.147. The molecule has 0 amide bonds. The molecule has 4 N–H and O–H groups in total. The minimum absolute atomic E-state index is 0.0601. The molecule has 0 aromatic rings. The van der Waals surface area contributed by atoms with Gasteiger partial charge in [0, 0.05) is 6.42 Å². The lowest BCUT2D eigenvalue weighted by Gasteiger charge is -2.16. The van der Waals surface area contributed by atoms with Gasteiger partial charge in [-0.05, 0) is 13.8 Å². The van der Waals surface area contributed by atoms with Crippen LogP contribution in [-0.2, 0) is 9.84 Å². The van der Waals surface area contributed by atoms with Crippen LogP contribution in [0.15, 0.2) is 0 Å². The van der Waals surface area contributed by atoms with Gasteiger partial charge in [0.2, 0.25) is 0 Å². The van der Waals surface area contributed by atoms with E-state index >= 15 is 0 Å². The Balaban J connectivity index is 2.19. The summed E-state index contributed by atoms with van der Waals surface area (Å²) in [6.07, 6.45) is 0.390. The van der Waals surface area contributed by atoms with Crippen molar-refractivity contribution in [2.75, 3.05) is 37.7 Å². The van der Waals surface area contributed by atoms with Crippen molar-refractivity contribution in [1.29, 1.82) is 0 Å². The van der Waals surface area contributed by atoms with E-state index in [1.807, 2.05) is 5.32 Å². The van der Waals surface area contributed by atoms with E-state index in [1.165, 1.54) is 0 Å². The first-order valence-corrected chi connectivity index (χ1v) is 8.36. The second-order valence-corrected chi connectivity index (χ2v) is 7.05. The SMILES string of the molecule is CC[NH+](CC)CCC[NH2+][C@H]1CS(=O)(=O)C[C@H]1O. The Kier molecular flexibility index (Phi) is 5.85. The fraction of sp³-hybridized carbons (Fsp3) is 1.00. The highest BCUT2D eigenvalue weighted by Gasteiger charge is 2.38. The summed E-state index contributed by atoms with van der Waals surface area (Å²) in [5.41, 5.74) is 0. The van der Waals surface area contributed by atoms with Gasteiger partial charge >= 0.3 is 0 Å². The number of hydrogen-bond acceptors (Lipinski definition) is 3. The van der Waals surface area contributed by atoms with Gasteiger partial charge in [0.25, 0.3) is 0 Å². The predicted molar refractivity (Wildman–Crippen MR) is 66.8 cm³/mol. The van der Waals surface area contributed by atoms with Crippen molar-refractivity contribution in [2.45, 2.75) is 32.4 Å². The normalized spacial score (nSPS) is 27.8. The van der Waals surface area contributed by atoms with Crippen LogP contribution in [0.3, 0.4) is 0 Å². The van der Waals surface area contributed by atoms with Crippen LogP contribution in [0.1, 0.15) is 20.3 Å². The fourth-order valence-electron chi connectivity index (χ4n) is 2.37. The molecule has 0 bridgehead atoms. The van der Waals surface area contributed by atoms with Crippen LogP contribution < -0.4 is 10.2 Å². The number of nitrogens with one attached hydrogen (secondary N) is 1. The summed E-state index contributed by atoms with van der Waals surface area (Å²) in [5, 5.41) is 11.6. The molecule has 0 aromatic carbocycles. The van der Waals surface area contributed by atoms with Crippen molar-refractivity contribution < 1.29 is 23.7 Å². The van der Waals surface area contributed by atoms with E-state index in [1.54, 1.807) is 4.90 Å². The Bertz CT molecular complexity index is 315. The Morgan fingerprint density at radius 3 is 2.41 bits per heavy atom. The average molecular weight is 266 g/mol. The van der Waals surface area contributed by atoms with Crippen LogP contribution in [-0.4, -0.2) is 63.4 Å². The number of aliphatic hydroxyl groups excluding tert-OH is 1. The Morgan fingerprint density at radius 2 is 1.94 bits per heavy atom. The van der Waals surface area contributed by atoms with Gasteiger partial charge < -0.3 is 15.3 Å². The third-order valence-electron chi connectivity index (χ3n) is 3.57. The van der Waals surface area contributed by atoms with Gasteiger partial charge in [0.15, 0.2) is 9.84 Å². The van der Waals surface area contributed by atoms with Crippen molar-refractivity contribution in [3.05, 3.63) is 0 Å². The quantitative estimate of drug-likeness (QED) is 0.431. The third kappa shape index (κ3) is 4.91. The molecule has 102 valence electrons. The van der Waals surface area contributed by atoms with Gasteiger partial charge in [-0.15, -0.1) is 0 Å². The molecular weight excluding hydrogens is 240 g/mol. The van der Waals surface area contributed by atoms with Gasteiger partial charge in [-0.2, -0.15) is 0 Å². The van der Waals surface area contributed by atoms with Crippen LogP contribution in [0.4, 0.5) is 0 Å². The zero-order valence-electron chi connectivity index (χ0n) is 10.9. The van der Waals surface area contributed by atoms with Crippen LogP contribution in [0.25, 0.3) is 0 Å². The van der Waals surface area contributed by atoms with Gasteiger partial charge in [-0.25, -0.2) is 8.42 Å². The van der Waals surface area contributed by atoms with Crippen molar-refractivity contribution in [3.8, 4) is 0 Å². The molecule has 0 aliphatic carbocycles. The molecule has 6 heteroatoms. The van der Waals surface area contributed by atoms with Crippen LogP contribution in [0, 0.1) is 0 Å². The number of rotatable bonds is 7. The monoisotopic (exact) mass is 266 g/mol. The minimum atomic E-state index is -2.99. The maximum absolute atomic E-state index is 11.3. The zero-order chi connectivity index (χ0) is 12.9. The van der Waals surface area contributed by atoms with Gasteiger partial charge in [0.1, 0.15) is 17.9 Å². The molecule has 0 spiro atoms. The lowest BCUT2D eigenvalue weighted by Crippen LogP contribution is -3.11. The van der Waals surface area contributed by atoms with E-state index in [0.29, 0.717) is 0 Å². The topological polar surface area (TPSA) is 75.4 Å². The van der Waals surface area contributed by atoms with Gasteiger partial charge in [-0.1, -0.05) is 0 Å². The highest BCUT2D eigenvalue weighted by atomic mass is 32.2. The molecule has 0 unspecified atom stereocenters. The lowest BCUT2D eigenvalue weighted by molar-refractivity contribution is -0.898. The summed E-state index contributed by atoms with van der Waals surface area (Å²) in [5.74, 6) is 0.0712. The van der Waals surface area contributed by atoms with Crippen LogP contribution in [0.5, 0.6) is 0 Å². The maximum Gasteiger partial charge on any atom is 0.159 e. The van der Waals surface area contributed by atoms with Crippen molar-refractivity contribution >= 4 is 9.84 Å². The Labute approximate surface area is 104 Å². The third-order valence-corrected chi connectivity index (χ3v) is 5.31. The number of quaternary nitrogens is 2. The minimum Gasteiger partial charge on any atom is -0.386 e. The smallest absolute Gasteiger partial charge is 0.159 e. The summed E-state index contributed by atoms with van der Waals surface area (Å²) < 4.78 is 22.6. The highest BCUT2D eigenvalue weighted by molar-refractivity contribution is 7.91. The summed E-state index contributed by atoms with van der Waals surface area (Å²) in [6.45, 7) is 8.65. The fourth-order valence-corrected chi connectivity index (χ4v) is 4.22. The van der Waals surface area contributed by atoms with E-state index < -0.39 is 15.9 Å². The number of hydrogen-bond donors (Lipinski definition) is 3. The largest absolute Gasteiger partial charge is 0.386 e. The van der Waals surface area contributed by atoms with Crippen molar-refractivity contribution in [1.82, 2.24) is 0 Å². The second-order valence-electron chi connectivity index (χ2n) is 4.89. The first-order chi connectivity index (χ1) is 7.98. The average Bonchev–Trinajstić information content (AvgIpc) is 2.52. The van der Waals surface area contributed by atoms with E-state index in [9.17, 15) is 13.5 Å². The Hall–Kier alpha value is -0.170. The molecule has 0 aromatic heterocycles. The molecule has 1 aliphatic heterocycles. The van der Waals surface area contributed by atoms with E-state index in [0.717, 1.165) is 32.6 Å². The van der Waals surface area contributed by atoms with Gasteiger partial charge in [-0.3, -0.25) is 0 Å². The molecular formula is C11H26N2O3S+2. The van der Waals surface area contributed by atoms with Gasteiger partial charge in [0.05, 0.1) is 31.9 Å². The molecule has 1 fully saturated rings. The first kappa shape index (κ1) is 14.9. The Morgan fingerprint density at radius 1 is 1.29 bits per heavy atom. The van der Waals surface area contributed by atoms with Crippen LogP contribution >= 0.6 is 0 Å². The summed E-state index contributed by atoms with van der Waals surface area (Å²) in [4.78, 5) is 1.57. The predicted octanol–water partition coefficient (Wildman–Crippen LogP) is -2.98. The summed E-state index contributed by atoms with van der Waals surface area (Å²) >= 11 is 0. The standard InChI is InChI=1S/C11H24N2O3S/c1-3-13(4-2)7-5-6-12-10-8-17(15,16)9-11(10)14/h10-12,14H,3-9H2,1-2H3/p+2/t10-,11+/m0/s1. The van der Waals surface area contributed by atoms with E-state index in [4.69, 9.17) is 0 Å². The first-order valence-electron chi connectivity index (χ1n) is 6.54. The second kappa shape index (κ2) is 6.68. The van der Waals surface area contributed by atoms with Crippen molar-refractivity contribution in [3.63, 3.8) is 0 Å². The van der Waals surface area contributed by atoms with E-state index in [-0.39, 0.29) is 17.5 Å². The molecule has 1 saturated heterocycles. The molecule has 17 heavy (non-hydrogen) atoms. The molecule has 1 rings (SSSR count).